The van der Waals surface area contributed by atoms with Crippen molar-refractivity contribution < 1.29 is 14.2 Å². The fraction of sp³-hybridized carbons (Fsp3) is 1.00. The van der Waals surface area contributed by atoms with Crippen LogP contribution in [0.1, 0.15) is 79.6 Å². The number of hydrogen-bond donors (Lipinski definition) is 0. The van der Waals surface area contributed by atoms with Gasteiger partial charge in [0, 0.05) is 39.6 Å². The van der Waals surface area contributed by atoms with Gasteiger partial charge in [-0.2, -0.15) is 0 Å². The van der Waals surface area contributed by atoms with Crippen molar-refractivity contribution in [1.82, 2.24) is 4.90 Å². The Kier molecular flexibility index (Phi) is 9.05. The van der Waals surface area contributed by atoms with Crippen LogP contribution in [0.25, 0.3) is 0 Å². The lowest BCUT2D eigenvalue weighted by Crippen LogP contribution is -2.41. The molecule has 1 unspecified atom stereocenters. The second kappa shape index (κ2) is 10.6. The minimum absolute atomic E-state index is 0.265. The fourth-order valence-electron chi connectivity index (χ4n) is 4.70. The summed E-state index contributed by atoms with van der Waals surface area (Å²) in [6.45, 7) is 16.8. The van der Waals surface area contributed by atoms with E-state index < -0.39 is 0 Å². The third kappa shape index (κ3) is 6.42. The third-order valence-electron chi connectivity index (χ3n) is 7.33. The lowest BCUT2D eigenvalue weighted by Gasteiger charge is -2.44. The minimum Gasteiger partial charge on any atom is -0.385 e. The summed E-state index contributed by atoms with van der Waals surface area (Å²) >= 11 is 0. The Morgan fingerprint density at radius 2 is 1.85 bits per heavy atom. The van der Waals surface area contributed by atoms with Crippen LogP contribution in [0.4, 0.5) is 0 Å². The van der Waals surface area contributed by atoms with Gasteiger partial charge in [0.05, 0.1) is 12.7 Å². The fourth-order valence-corrected chi connectivity index (χ4v) is 4.70. The zero-order chi connectivity index (χ0) is 19.9. The van der Waals surface area contributed by atoms with Gasteiger partial charge < -0.3 is 19.1 Å². The molecule has 1 spiro atoms. The van der Waals surface area contributed by atoms with E-state index in [1.807, 2.05) is 0 Å². The molecule has 4 nitrogen and oxygen atoms in total. The highest BCUT2D eigenvalue weighted by Crippen LogP contribution is 2.48. The molecular formula is C23H45NO3. The van der Waals surface area contributed by atoms with E-state index in [1.54, 1.807) is 7.11 Å². The smallest absolute Gasteiger partial charge is 0.168 e. The van der Waals surface area contributed by atoms with Crippen molar-refractivity contribution in [3.8, 4) is 0 Å². The number of methoxy groups -OCH3 is 1. The summed E-state index contributed by atoms with van der Waals surface area (Å²) in [6, 6.07) is 0. The SMILES string of the molecule is CCCN(CCCOC)CCC1COC2(CCC(C(C)(C)C(C)C)CC2)O1. The standard InChI is InChI=1S/C23H45NO3/c1-7-14-24(15-8-17-25-6)16-11-21-18-26-23(27-21)12-9-20(10-13-23)22(4,5)19(2)3/h19-21H,7-18H2,1-6H3. The Balaban J connectivity index is 1.76. The van der Waals surface area contributed by atoms with Gasteiger partial charge in [-0.1, -0.05) is 34.6 Å². The Labute approximate surface area is 168 Å². The number of rotatable bonds is 11. The molecule has 0 N–H and O–H groups in total. The predicted octanol–water partition coefficient (Wildman–Crippen LogP) is 5.11. The van der Waals surface area contributed by atoms with E-state index in [0.717, 1.165) is 70.4 Å². The molecule has 27 heavy (non-hydrogen) atoms. The molecule has 1 heterocycles. The molecular weight excluding hydrogens is 338 g/mol. The lowest BCUT2D eigenvalue weighted by atomic mass is 9.64. The first-order valence-corrected chi connectivity index (χ1v) is 11.4. The first-order valence-electron chi connectivity index (χ1n) is 11.4. The number of nitrogens with zero attached hydrogens (tertiary/aromatic N) is 1. The van der Waals surface area contributed by atoms with Gasteiger partial charge in [0.25, 0.3) is 0 Å². The molecule has 160 valence electrons. The molecule has 4 heteroatoms. The van der Waals surface area contributed by atoms with Crippen molar-refractivity contribution in [3.63, 3.8) is 0 Å². The van der Waals surface area contributed by atoms with E-state index in [2.05, 4.69) is 39.5 Å². The molecule has 1 aliphatic carbocycles. The van der Waals surface area contributed by atoms with E-state index in [9.17, 15) is 0 Å². The van der Waals surface area contributed by atoms with Gasteiger partial charge in [0.15, 0.2) is 5.79 Å². The second-order valence-electron chi connectivity index (χ2n) is 9.69. The van der Waals surface area contributed by atoms with Crippen LogP contribution in [-0.4, -0.2) is 56.7 Å². The van der Waals surface area contributed by atoms with E-state index in [1.165, 1.54) is 19.3 Å². The Morgan fingerprint density at radius 3 is 2.44 bits per heavy atom. The van der Waals surface area contributed by atoms with Crippen LogP contribution in [0.3, 0.4) is 0 Å². The molecule has 1 atom stereocenters. The van der Waals surface area contributed by atoms with Crippen molar-refractivity contribution in [1.29, 1.82) is 0 Å². The van der Waals surface area contributed by atoms with Crippen LogP contribution in [0.15, 0.2) is 0 Å². The Morgan fingerprint density at radius 1 is 1.15 bits per heavy atom. The van der Waals surface area contributed by atoms with Gasteiger partial charge in [-0.3, -0.25) is 0 Å². The maximum Gasteiger partial charge on any atom is 0.168 e. The maximum absolute atomic E-state index is 6.49. The lowest BCUT2D eigenvalue weighted by molar-refractivity contribution is -0.198. The molecule has 2 fully saturated rings. The van der Waals surface area contributed by atoms with Gasteiger partial charge in [0.1, 0.15) is 0 Å². The van der Waals surface area contributed by atoms with E-state index in [-0.39, 0.29) is 11.9 Å². The van der Waals surface area contributed by atoms with Crippen LogP contribution in [0.2, 0.25) is 0 Å². The van der Waals surface area contributed by atoms with Gasteiger partial charge >= 0.3 is 0 Å². The highest BCUT2D eigenvalue weighted by atomic mass is 16.7. The summed E-state index contributed by atoms with van der Waals surface area (Å²) in [4.78, 5) is 2.55. The second-order valence-corrected chi connectivity index (χ2v) is 9.69. The van der Waals surface area contributed by atoms with Gasteiger partial charge in [-0.05, 0) is 55.9 Å². The third-order valence-corrected chi connectivity index (χ3v) is 7.33. The highest BCUT2D eigenvalue weighted by Gasteiger charge is 2.47. The van der Waals surface area contributed by atoms with Crippen molar-refractivity contribution in [2.45, 2.75) is 91.5 Å². The number of hydrogen-bond acceptors (Lipinski definition) is 4. The van der Waals surface area contributed by atoms with E-state index in [4.69, 9.17) is 14.2 Å². The van der Waals surface area contributed by atoms with Crippen molar-refractivity contribution in [2.75, 3.05) is 40.0 Å². The minimum atomic E-state index is -0.278. The quantitative estimate of drug-likeness (QED) is 0.464. The number of ether oxygens (including phenoxy) is 3. The zero-order valence-corrected chi connectivity index (χ0v) is 18.9. The highest BCUT2D eigenvalue weighted by molar-refractivity contribution is 4.91. The summed E-state index contributed by atoms with van der Waals surface area (Å²) in [7, 11) is 1.78. The van der Waals surface area contributed by atoms with E-state index >= 15 is 0 Å². The van der Waals surface area contributed by atoms with Crippen LogP contribution >= 0.6 is 0 Å². The van der Waals surface area contributed by atoms with Crippen molar-refractivity contribution >= 4 is 0 Å². The first-order chi connectivity index (χ1) is 12.8. The summed E-state index contributed by atoms with van der Waals surface area (Å²) in [5.41, 5.74) is 0.405. The first kappa shape index (κ1) is 23.1. The molecule has 0 radical (unpaired) electrons. The molecule has 1 aliphatic heterocycles. The van der Waals surface area contributed by atoms with Crippen molar-refractivity contribution in [3.05, 3.63) is 0 Å². The van der Waals surface area contributed by atoms with Gasteiger partial charge in [0.2, 0.25) is 0 Å². The monoisotopic (exact) mass is 383 g/mol. The van der Waals surface area contributed by atoms with E-state index in [0.29, 0.717) is 5.41 Å². The Hall–Kier alpha value is -0.160. The molecule has 0 aromatic heterocycles. The molecule has 0 aromatic carbocycles. The molecule has 1 saturated carbocycles. The van der Waals surface area contributed by atoms with Crippen LogP contribution in [-0.2, 0) is 14.2 Å². The molecule has 1 saturated heterocycles. The molecule has 0 bridgehead atoms. The van der Waals surface area contributed by atoms with Gasteiger partial charge in [-0.15, -0.1) is 0 Å². The normalized spacial score (nSPS) is 29.3. The van der Waals surface area contributed by atoms with Gasteiger partial charge in [-0.25, -0.2) is 0 Å². The summed E-state index contributed by atoms with van der Waals surface area (Å²) in [5, 5.41) is 0. The summed E-state index contributed by atoms with van der Waals surface area (Å²) in [5.74, 6) is 1.23. The predicted molar refractivity (Wildman–Crippen MR) is 112 cm³/mol. The van der Waals surface area contributed by atoms with Crippen LogP contribution < -0.4 is 0 Å². The maximum atomic E-state index is 6.49. The summed E-state index contributed by atoms with van der Waals surface area (Å²) < 4.78 is 17.9. The summed E-state index contributed by atoms with van der Waals surface area (Å²) in [6.07, 6.45) is 8.25. The zero-order valence-electron chi connectivity index (χ0n) is 18.9. The van der Waals surface area contributed by atoms with Crippen LogP contribution in [0, 0.1) is 17.3 Å². The largest absolute Gasteiger partial charge is 0.385 e. The average molecular weight is 384 g/mol. The Bertz CT molecular complexity index is 416. The topological polar surface area (TPSA) is 30.9 Å². The van der Waals surface area contributed by atoms with Crippen molar-refractivity contribution in [2.24, 2.45) is 17.3 Å². The average Bonchev–Trinajstić information content (AvgIpc) is 3.02. The molecule has 0 amide bonds. The molecule has 0 aromatic rings. The molecule has 2 rings (SSSR count). The molecule has 2 aliphatic rings. The van der Waals surface area contributed by atoms with Crippen LogP contribution in [0.5, 0.6) is 0 Å².